The number of methoxy groups -OCH3 is 2. The molecule has 0 spiro atoms. The van der Waals surface area contributed by atoms with Gasteiger partial charge in [-0.3, -0.25) is 0 Å². The van der Waals surface area contributed by atoms with E-state index >= 15 is 0 Å². The van der Waals surface area contributed by atoms with E-state index < -0.39 is 0 Å². The minimum atomic E-state index is -0.190. The molecule has 1 aliphatic heterocycles. The van der Waals surface area contributed by atoms with Crippen LogP contribution in [-0.4, -0.2) is 26.8 Å². The highest BCUT2D eigenvalue weighted by Gasteiger charge is 2.23. The van der Waals surface area contributed by atoms with Crippen molar-refractivity contribution in [2.24, 2.45) is 10.7 Å². The Kier molecular flexibility index (Phi) is 2.85. The van der Waals surface area contributed by atoms with Crippen LogP contribution < -0.4 is 15.2 Å². The van der Waals surface area contributed by atoms with Gasteiger partial charge in [-0.1, -0.05) is 0 Å². The molecule has 0 amide bonds. The summed E-state index contributed by atoms with van der Waals surface area (Å²) in [5, 5.41) is 0. The topological polar surface area (TPSA) is 66.1 Å². The van der Waals surface area contributed by atoms with Gasteiger partial charge in [0.05, 0.1) is 20.8 Å². The smallest absolute Gasteiger partial charge is 0.282 e. The van der Waals surface area contributed by atoms with E-state index in [0.717, 1.165) is 17.1 Å². The Morgan fingerprint density at radius 3 is 2.75 bits per heavy atom. The first-order chi connectivity index (χ1) is 7.74. The van der Waals surface area contributed by atoms with E-state index in [2.05, 4.69) is 4.99 Å². The lowest BCUT2D eigenvalue weighted by Crippen LogP contribution is -2.13. The molecule has 0 saturated heterocycles. The fraction of sp³-hybridized carbons (Fsp3) is 0.364. The third-order valence-corrected chi connectivity index (χ3v) is 2.46. The second kappa shape index (κ2) is 4.30. The summed E-state index contributed by atoms with van der Waals surface area (Å²) in [5.41, 5.74) is 6.37. The molecule has 1 heterocycles. The van der Waals surface area contributed by atoms with E-state index in [1.54, 1.807) is 14.2 Å². The average molecular weight is 222 g/mol. The monoisotopic (exact) mass is 222 g/mol. The number of benzene rings is 1. The Labute approximate surface area is 93.8 Å². The van der Waals surface area contributed by atoms with Crippen molar-refractivity contribution in [1.29, 1.82) is 0 Å². The number of nitrogens with two attached hydrogens (primary N) is 1. The first kappa shape index (κ1) is 10.6. The van der Waals surface area contributed by atoms with Gasteiger partial charge in [0, 0.05) is 5.56 Å². The number of ether oxygens (including phenoxy) is 3. The van der Waals surface area contributed by atoms with E-state index in [4.69, 9.17) is 19.9 Å². The maximum Gasteiger partial charge on any atom is 0.282 e. The zero-order valence-corrected chi connectivity index (χ0v) is 9.27. The molecule has 16 heavy (non-hydrogen) atoms. The van der Waals surface area contributed by atoms with Crippen molar-refractivity contribution in [2.45, 2.75) is 6.10 Å². The van der Waals surface area contributed by atoms with Crippen LogP contribution in [0.4, 0.5) is 0 Å². The molecule has 1 aromatic rings. The van der Waals surface area contributed by atoms with E-state index in [-0.39, 0.29) is 12.1 Å². The largest absolute Gasteiger partial charge is 0.497 e. The molecule has 1 atom stereocenters. The highest BCUT2D eigenvalue weighted by Crippen LogP contribution is 2.33. The second-order valence-corrected chi connectivity index (χ2v) is 3.39. The maximum absolute atomic E-state index is 5.48. The lowest BCUT2D eigenvalue weighted by atomic mass is 10.1. The Morgan fingerprint density at radius 1 is 1.38 bits per heavy atom. The average Bonchev–Trinajstić information content (AvgIpc) is 2.75. The van der Waals surface area contributed by atoms with Crippen molar-refractivity contribution in [3.05, 3.63) is 23.8 Å². The second-order valence-electron chi connectivity index (χ2n) is 3.39. The van der Waals surface area contributed by atoms with Gasteiger partial charge in [0.1, 0.15) is 11.5 Å². The molecule has 5 heteroatoms. The number of nitrogens with zero attached hydrogens (tertiary/aromatic N) is 1. The standard InChI is InChI=1S/C11H14N2O3/c1-14-7-3-4-9(15-2)8(5-7)10-6-13-11(12)16-10/h3-5,10H,6H2,1-2H3,(H2,12,13). The van der Waals surface area contributed by atoms with Gasteiger partial charge in [-0.15, -0.1) is 0 Å². The highest BCUT2D eigenvalue weighted by molar-refractivity contribution is 5.73. The molecule has 1 aromatic carbocycles. The van der Waals surface area contributed by atoms with Crippen molar-refractivity contribution in [2.75, 3.05) is 20.8 Å². The Balaban J connectivity index is 2.30. The predicted octanol–water partition coefficient (Wildman–Crippen LogP) is 1.09. The number of hydrogen-bond acceptors (Lipinski definition) is 5. The minimum absolute atomic E-state index is 0.190. The first-order valence-corrected chi connectivity index (χ1v) is 4.93. The van der Waals surface area contributed by atoms with Gasteiger partial charge in [-0.05, 0) is 18.2 Å². The van der Waals surface area contributed by atoms with E-state index in [9.17, 15) is 0 Å². The maximum atomic E-state index is 5.48. The summed E-state index contributed by atoms with van der Waals surface area (Å²) in [7, 11) is 3.23. The van der Waals surface area contributed by atoms with Gasteiger partial charge in [0.15, 0.2) is 6.10 Å². The molecule has 0 fully saturated rings. The zero-order chi connectivity index (χ0) is 11.5. The van der Waals surface area contributed by atoms with Gasteiger partial charge < -0.3 is 19.9 Å². The summed E-state index contributed by atoms with van der Waals surface area (Å²) >= 11 is 0. The summed E-state index contributed by atoms with van der Waals surface area (Å²) in [4.78, 5) is 4.00. The fourth-order valence-corrected chi connectivity index (χ4v) is 1.65. The van der Waals surface area contributed by atoms with Crippen molar-refractivity contribution >= 4 is 6.02 Å². The molecule has 0 bridgehead atoms. The Bertz CT molecular complexity index is 418. The molecule has 86 valence electrons. The van der Waals surface area contributed by atoms with E-state index in [1.807, 2.05) is 18.2 Å². The molecule has 0 saturated carbocycles. The SMILES string of the molecule is COc1ccc(OC)c(C2CN=C(N)O2)c1. The van der Waals surface area contributed by atoms with Crippen LogP contribution in [0.3, 0.4) is 0 Å². The van der Waals surface area contributed by atoms with Crippen LogP contribution in [0.25, 0.3) is 0 Å². The number of aliphatic imine (C=N–C) groups is 1. The molecular formula is C11H14N2O3. The summed E-state index contributed by atoms with van der Waals surface area (Å²) in [6.07, 6.45) is -0.190. The molecule has 2 rings (SSSR count). The summed E-state index contributed by atoms with van der Waals surface area (Å²) in [6.45, 7) is 0.509. The van der Waals surface area contributed by atoms with Gasteiger partial charge in [-0.25, -0.2) is 4.99 Å². The number of rotatable bonds is 3. The van der Waals surface area contributed by atoms with Crippen LogP contribution in [0.1, 0.15) is 11.7 Å². The number of hydrogen-bond donors (Lipinski definition) is 1. The minimum Gasteiger partial charge on any atom is -0.497 e. The molecular weight excluding hydrogens is 208 g/mol. The van der Waals surface area contributed by atoms with Gasteiger partial charge in [0.2, 0.25) is 0 Å². The van der Waals surface area contributed by atoms with Crippen molar-refractivity contribution in [3.63, 3.8) is 0 Å². The fourth-order valence-electron chi connectivity index (χ4n) is 1.65. The molecule has 0 aliphatic carbocycles. The van der Waals surface area contributed by atoms with Crippen LogP contribution >= 0.6 is 0 Å². The van der Waals surface area contributed by atoms with E-state index in [0.29, 0.717) is 6.54 Å². The number of amidine groups is 1. The van der Waals surface area contributed by atoms with Crippen molar-refractivity contribution < 1.29 is 14.2 Å². The van der Waals surface area contributed by atoms with Crippen molar-refractivity contribution in [3.8, 4) is 11.5 Å². The summed E-state index contributed by atoms with van der Waals surface area (Å²) in [6, 6.07) is 5.76. The predicted molar refractivity (Wildman–Crippen MR) is 59.9 cm³/mol. The quantitative estimate of drug-likeness (QED) is 0.831. The molecule has 5 nitrogen and oxygen atoms in total. The first-order valence-electron chi connectivity index (χ1n) is 4.93. The lowest BCUT2D eigenvalue weighted by Gasteiger charge is -2.15. The van der Waals surface area contributed by atoms with Crippen LogP contribution in [-0.2, 0) is 4.74 Å². The third kappa shape index (κ3) is 1.88. The van der Waals surface area contributed by atoms with E-state index in [1.165, 1.54) is 0 Å². The molecule has 0 radical (unpaired) electrons. The molecule has 1 aliphatic rings. The zero-order valence-electron chi connectivity index (χ0n) is 9.27. The highest BCUT2D eigenvalue weighted by atomic mass is 16.5. The molecule has 2 N–H and O–H groups in total. The third-order valence-electron chi connectivity index (χ3n) is 2.46. The van der Waals surface area contributed by atoms with Gasteiger partial charge in [0.25, 0.3) is 6.02 Å². The van der Waals surface area contributed by atoms with Crippen molar-refractivity contribution in [1.82, 2.24) is 0 Å². The van der Waals surface area contributed by atoms with Crippen LogP contribution in [0.2, 0.25) is 0 Å². The van der Waals surface area contributed by atoms with Gasteiger partial charge in [-0.2, -0.15) is 0 Å². The molecule has 0 aromatic heterocycles. The lowest BCUT2D eigenvalue weighted by molar-refractivity contribution is 0.219. The molecule has 1 unspecified atom stereocenters. The van der Waals surface area contributed by atoms with Crippen LogP contribution in [0.15, 0.2) is 23.2 Å². The van der Waals surface area contributed by atoms with Crippen LogP contribution in [0.5, 0.6) is 11.5 Å². The summed E-state index contributed by atoms with van der Waals surface area (Å²) in [5.74, 6) is 1.50. The summed E-state index contributed by atoms with van der Waals surface area (Å²) < 4.78 is 15.8. The van der Waals surface area contributed by atoms with Crippen LogP contribution in [0, 0.1) is 0 Å². The normalized spacial score (nSPS) is 18.9. The van der Waals surface area contributed by atoms with Gasteiger partial charge >= 0.3 is 0 Å². The Morgan fingerprint density at radius 2 is 2.19 bits per heavy atom. The Hall–Kier alpha value is -1.91.